The molecule has 0 saturated carbocycles. The van der Waals surface area contributed by atoms with Crippen molar-refractivity contribution in [3.05, 3.63) is 28.5 Å². The van der Waals surface area contributed by atoms with Gasteiger partial charge in [0.15, 0.2) is 0 Å². The molecule has 0 aliphatic carbocycles. The van der Waals surface area contributed by atoms with E-state index in [4.69, 9.17) is 5.84 Å². The molecule has 0 aliphatic heterocycles. The molecule has 0 aromatic carbocycles. The van der Waals surface area contributed by atoms with Gasteiger partial charge in [0.1, 0.15) is 0 Å². The summed E-state index contributed by atoms with van der Waals surface area (Å²) >= 11 is 3.38. The van der Waals surface area contributed by atoms with Crippen molar-refractivity contribution in [2.24, 2.45) is 5.84 Å². The molecule has 4 heteroatoms. The van der Waals surface area contributed by atoms with E-state index < -0.39 is 0 Å². The van der Waals surface area contributed by atoms with Crippen molar-refractivity contribution in [3.8, 4) is 0 Å². The predicted molar refractivity (Wildman–Crippen MR) is 70.9 cm³/mol. The molecule has 90 valence electrons. The number of hydrogen-bond acceptors (Lipinski definition) is 3. The number of halogens is 1. The fourth-order valence-corrected chi connectivity index (χ4v) is 1.90. The normalized spacial score (nSPS) is 12.7. The molecule has 16 heavy (non-hydrogen) atoms. The minimum absolute atomic E-state index is 0.334. The highest BCUT2D eigenvalue weighted by molar-refractivity contribution is 9.10. The van der Waals surface area contributed by atoms with Crippen molar-refractivity contribution in [2.75, 3.05) is 0 Å². The second-order valence-corrected chi connectivity index (χ2v) is 4.95. The lowest BCUT2D eigenvalue weighted by molar-refractivity contribution is 0.463. The van der Waals surface area contributed by atoms with Crippen LogP contribution >= 0.6 is 15.9 Å². The molecule has 0 bridgehead atoms. The van der Waals surface area contributed by atoms with Crippen molar-refractivity contribution < 1.29 is 0 Å². The average molecular weight is 286 g/mol. The number of hydrogen-bond donors (Lipinski definition) is 2. The van der Waals surface area contributed by atoms with Gasteiger partial charge in [-0.05, 0) is 34.5 Å². The average Bonchev–Trinajstić information content (AvgIpc) is 2.31. The third-order valence-corrected chi connectivity index (χ3v) is 3.11. The highest BCUT2D eigenvalue weighted by Gasteiger charge is 2.07. The van der Waals surface area contributed by atoms with Crippen LogP contribution in [0.1, 0.15) is 38.3 Å². The van der Waals surface area contributed by atoms with Gasteiger partial charge < -0.3 is 0 Å². The van der Waals surface area contributed by atoms with E-state index in [2.05, 4.69) is 33.3 Å². The third kappa shape index (κ3) is 5.05. The van der Waals surface area contributed by atoms with Crippen LogP contribution in [0.3, 0.4) is 0 Å². The van der Waals surface area contributed by atoms with Gasteiger partial charge in [-0.3, -0.25) is 16.3 Å². The molecule has 0 aliphatic rings. The molecule has 1 atom stereocenters. The van der Waals surface area contributed by atoms with Crippen LogP contribution in [0.15, 0.2) is 22.8 Å². The Morgan fingerprint density at radius 2 is 2.25 bits per heavy atom. The van der Waals surface area contributed by atoms with Crippen LogP contribution in [0.4, 0.5) is 0 Å². The van der Waals surface area contributed by atoms with Gasteiger partial charge in [-0.2, -0.15) is 0 Å². The Hall–Kier alpha value is -0.450. The highest BCUT2D eigenvalue weighted by atomic mass is 79.9. The topological polar surface area (TPSA) is 50.9 Å². The first-order chi connectivity index (χ1) is 7.76. The van der Waals surface area contributed by atoms with E-state index in [1.54, 1.807) is 0 Å². The molecule has 3 nitrogen and oxygen atoms in total. The summed E-state index contributed by atoms with van der Waals surface area (Å²) in [7, 11) is 0. The van der Waals surface area contributed by atoms with Crippen molar-refractivity contribution >= 4 is 15.9 Å². The summed E-state index contributed by atoms with van der Waals surface area (Å²) in [5, 5.41) is 0. The van der Waals surface area contributed by atoms with Crippen molar-refractivity contribution in [1.82, 2.24) is 10.4 Å². The lowest BCUT2D eigenvalue weighted by Crippen LogP contribution is -2.36. The van der Waals surface area contributed by atoms with E-state index in [1.807, 2.05) is 18.3 Å². The largest absolute Gasteiger partial charge is 0.271 e. The first kappa shape index (κ1) is 13.6. The Bertz CT molecular complexity index is 287. The molecule has 0 spiro atoms. The number of pyridine rings is 1. The zero-order valence-corrected chi connectivity index (χ0v) is 11.3. The van der Waals surface area contributed by atoms with E-state index in [0.717, 1.165) is 23.0 Å². The minimum atomic E-state index is 0.334. The molecule has 1 unspecified atom stereocenters. The summed E-state index contributed by atoms with van der Waals surface area (Å²) < 4.78 is 1.01. The first-order valence-electron chi connectivity index (χ1n) is 5.82. The maximum absolute atomic E-state index is 5.55. The number of nitrogens with two attached hydrogens (primary N) is 1. The Labute approximate surface area is 106 Å². The molecule has 0 radical (unpaired) electrons. The molecule has 0 amide bonds. The molecule has 0 fully saturated rings. The Kier molecular flexibility index (Phi) is 6.61. The van der Waals surface area contributed by atoms with Crippen LogP contribution in [0.2, 0.25) is 0 Å². The summed E-state index contributed by atoms with van der Waals surface area (Å²) in [4.78, 5) is 4.35. The van der Waals surface area contributed by atoms with Crippen LogP contribution in [-0.4, -0.2) is 11.0 Å². The van der Waals surface area contributed by atoms with Crippen LogP contribution < -0.4 is 11.3 Å². The van der Waals surface area contributed by atoms with Crippen LogP contribution in [0, 0.1) is 0 Å². The maximum atomic E-state index is 5.55. The van der Waals surface area contributed by atoms with E-state index in [-0.39, 0.29) is 0 Å². The Morgan fingerprint density at radius 1 is 1.44 bits per heavy atom. The van der Waals surface area contributed by atoms with Crippen molar-refractivity contribution in [1.29, 1.82) is 0 Å². The van der Waals surface area contributed by atoms with Gasteiger partial charge in [0.2, 0.25) is 0 Å². The van der Waals surface area contributed by atoms with Crippen LogP contribution in [0.5, 0.6) is 0 Å². The molecule has 1 aromatic heterocycles. The highest BCUT2D eigenvalue weighted by Crippen LogP contribution is 2.11. The number of rotatable bonds is 7. The summed E-state index contributed by atoms with van der Waals surface area (Å²) in [5.74, 6) is 5.55. The molecular formula is C12H20BrN3. The molecule has 0 saturated heterocycles. The van der Waals surface area contributed by atoms with Crippen LogP contribution in [-0.2, 0) is 6.42 Å². The fraction of sp³-hybridized carbons (Fsp3) is 0.583. The lowest BCUT2D eigenvalue weighted by Gasteiger charge is -2.15. The van der Waals surface area contributed by atoms with Gasteiger partial charge in [-0.1, -0.05) is 26.2 Å². The molecule has 3 N–H and O–H groups in total. The van der Waals surface area contributed by atoms with Gasteiger partial charge >= 0.3 is 0 Å². The van der Waals surface area contributed by atoms with Gasteiger partial charge in [0, 0.05) is 28.8 Å². The monoisotopic (exact) mass is 285 g/mol. The second kappa shape index (κ2) is 7.76. The summed E-state index contributed by atoms with van der Waals surface area (Å²) in [6.45, 7) is 2.21. The van der Waals surface area contributed by atoms with Crippen molar-refractivity contribution in [3.63, 3.8) is 0 Å². The lowest BCUT2D eigenvalue weighted by atomic mass is 10.0. The number of hydrazine groups is 1. The SMILES string of the molecule is CCCCCC(Cc1ccc(Br)cn1)NN. The number of aromatic nitrogens is 1. The van der Waals surface area contributed by atoms with Crippen molar-refractivity contribution in [2.45, 2.75) is 45.1 Å². The van der Waals surface area contributed by atoms with Gasteiger partial charge in [-0.25, -0.2) is 0 Å². The number of nitrogens with zero attached hydrogens (tertiary/aromatic N) is 1. The number of unbranched alkanes of at least 4 members (excludes halogenated alkanes) is 2. The first-order valence-corrected chi connectivity index (χ1v) is 6.62. The second-order valence-electron chi connectivity index (χ2n) is 4.03. The van der Waals surface area contributed by atoms with Gasteiger partial charge in [-0.15, -0.1) is 0 Å². The molecule has 1 rings (SSSR count). The molecule has 1 aromatic rings. The van der Waals surface area contributed by atoms with Crippen LogP contribution in [0.25, 0.3) is 0 Å². The predicted octanol–water partition coefficient (Wildman–Crippen LogP) is 2.80. The smallest absolute Gasteiger partial charge is 0.0420 e. The quantitative estimate of drug-likeness (QED) is 0.460. The molecule has 1 heterocycles. The third-order valence-electron chi connectivity index (χ3n) is 2.64. The zero-order chi connectivity index (χ0) is 11.8. The number of nitrogens with one attached hydrogen (secondary N) is 1. The van der Waals surface area contributed by atoms with E-state index >= 15 is 0 Å². The summed E-state index contributed by atoms with van der Waals surface area (Å²) in [6, 6.07) is 4.39. The molecular weight excluding hydrogens is 266 g/mol. The zero-order valence-electron chi connectivity index (χ0n) is 9.75. The fourth-order valence-electron chi connectivity index (χ4n) is 1.66. The Balaban J connectivity index is 2.40. The maximum Gasteiger partial charge on any atom is 0.0420 e. The standard InChI is InChI=1S/C12H20BrN3/c1-2-3-4-5-12(16-14)8-11-7-6-10(13)9-15-11/h6-7,9,12,16H,2-5,8,14H2,1H3. The van der Waals surface area contributed by atoms with E-state index in [9.17, 15) is 0 Å². The summed E-state index contributed by atoms with van der Waals surface area (Å²) in [5.41, 5.74) is 3.96. The summed E-state index contributed by atoms with van der Waals surface area (Å²) in [6.07, 6.45) is 7.58. The van der Waals surface area contributed by atoms with Gasteiger partial charge in [0.25, 0.3) is 0 Å². The van der Waals surface area contributed by atoms with E-state index in [1.165, 1.54) is 19.3 Å². The van der Waals surface area contributed by atoms with E-state index in [0.29, 0.717) is 6.04 Å². The van der Waals surface area contributed by atoms with Gasteiger partial charge in [0.05, 0.1) is 0 Å². The minimum Gasteiger partial charge on any atom is -0.271 e. The Morgan fingerprint density at radius 3 is 2.81 bits per heavy atom.